The lowest BCUT2D eigenvalue weighted by Gasteiger charge is -2.33. The third-order valence-electron chi connectivity index (χ3n) is 6.88. The Balaban J connectivity index is 1.55. The number of anilines is 1. The molecule has 1 heterocycles. The fourth-order valence-electron chi connectivity index (χ4n) is 4.56. The number of rotatable bonds is 8. The summed E-state index contributed by atoms with van der Waals surface area (Å²) in [6.45, 7) is 4.08. The average molecular weight is 598 g/mol. The Hall–Kier alpha value is -2.97. The highest BCUT2D eigenvalue weighted by Gasteiger charge is 2.71. The maximum Gasteiger partial charge on any atom is 0.430 e. The molecule has 14 heteroatoms. The molecule has 4 N–H and O–H groups in total. The Kier molecular flexibility index (Phi) is 9.60. The van der Waals surface area contributed by atoms with Gasteiger partial charge in [-0.2, -0.15) is 26.3 Å². The van der Waals surface area contributed by atoms with Crippen LogP contribution in [0, 0.1) is 17.6 Å². The van der Waals surface area contributed by atoms with Crippen molar-refractivity contribution >= 4 is 11.7 Å². The van der Waals surface area contributed by atoms with Crippen LogP contribution < -0.4 is 10.6 Å². The second kappa shape index (κ2) is 12.1. The van der Waals surface area contributed by atoms with E-state index in [1.165, 1.54) is 13.8 Å². The maximum atomic E-state index is 14.7. The minimum atomic E-state index is -5.96. The SMILES string of the molecule is CC(C)(O)CNC(=O)Nc1cc(F)c(CC2CCN(Cc3ccc(C(O)(C(F)(F)F)C(F)(F)F)cc3)CC2)cc1F. The molecular formula is C27H31F8N3O3. The zero-order valence-corrected chi connectivity index (χ0v) is 22.3. The molecule has 1 saturated heterocycles. The number of halogens is 8. The molecule has 0 bridgehead atoms. The fraction of sp³-hybridized carbons (Fsp3) is 0.519. The summed E-state index contributed by atoms with van der Waals surface area (Å²) in [7, 11) is 0. The molecule has 41 heavy (non-hydrogen) atoms. The zero-order chi connectivity index (χ0) is 30.8. The van der Waals surface area contributed by atoms with Gasteiger partial charge in [-0.15, -0.1) is 0 Å². The van der Waals surface area contributed by atoms with Crippen LogP contribution in [0.15, 0.2) is 36.4 Å². The number of benzene rings is 2. The summed E-state index contributed by atoms with van der Waals surface area (Å²) in [4.78, 5) is 13.8. The summed E-state index contributed by atoms with van der Waals surface area (Å²) in [6.07, 6.45) is -10.5. The molecule has 1 fully saturated rings. The second-order valence-corrected chi connectivity index (χ2v) is 10.9. The fourth-order valence-corrected chi connectivity index (χ4v) is 4.56. The molecule has 0 aliphatic carbocycles. The summed E-state index contributed by atoms with van der Waals surface area (Å²) in [5.74, 6) is -1.54. The monoisotopic (exact) mass is 597 g/mol. The minimum absolute atomic E-state index is 0.00926. The minimum Gasteiger partial charge on any atom is -0.389 e. The van der Waals surface area contributed by atoms with E-state index in [0.717, 1.165) is 24.3 Å². The Bertz CT molecular complexity index is 1190. The van der Waals surface area contributed by atoms with Gasteiger partial charge in [-0.25, -0.2) is 13.6 Å². The van der Waals surface area contributed by atoms with Gasteiger partial charge in [-0.1, -0.05) is 24.3 Å². The number of carbonyl (C=O) groups is 1. The first-order chi connectivity index (χ1) is 18.8. The molecule has 1 aliphatic heterocycles. The number of nitrogens with zero attached hydrogens (tertiary/aromatic N) is 1. The molecule has 0 aromatic heterocycles. The van der Waals surface area contributed by atoms with E-state index >= 15 is 0 Å². The van der Waals surface area contributed by atoms with E-state index in [4.69, 9.17) is 0 Å². The van der Waals surface area contributed by atoms with Crippen molar-refractivity contribution in [1.82, 2.24) is 10.2 Å². The third-order valence-corrected chi connectivity index (χ3v) is 6.88. The molecule has 0 saturated carbocycles. The molecule has 6 nitrogen and oxygen atoms in total. The number of hydrogen-bond donors (Lipinski definition) is 4. The second-order valence-electron chi connectivity index (χ2n) is 10.9. The Morgan fingerprint density at radius 2 is 1.49 bits per heavy atom. The van der Waals surface area contributed by atoms with Crippen LogP contribution in [0.3, 0.4) is 0 Å². The van der Waals surface area contributed by atoms with Gasteiger partial charge in [0.25, 0.3) is 5.60 Å². The molecule has 0 radical (unpaired) electrons. The first-order valence-corrected chi connectivity index (χ1v) is 12.7. The van der Waals surface area contributed by atoms with Crippen molar-refractivity contribution in [2.24, 2.45) is 5.92 Å². The normalized spacial score (nSPS) is 16.1. The number of aliphatic hydroxyl groups is 2. The van der Waals surface area contributed by atoms with E-state index in [1.54, 1.807) is 0 Å². The summed E-state index contributed by atoms with van der Waals surface area (Å²) in [5.41, 5.74) is -7.29. The maximum absolute atomic E-state index is 14.7. The number of nitrogens with one attached hydrogen (secondary N) is 2. The van der Waals surface area contributed by atoms with Gasteiger partial charge >= 0.3 is 18.4 Å². The highest BCUT2D eigenvalue weighted by atomic mass is 19.4. The predicted molar refractivity (Wildman–Crippen MR) is 134 cm³/mol. The van der Waals surface area contributed by atoms with Crippen LogP contribution in [0.5, 0.6) is 0 Å². The van der Waals surface area contributed by atoms with Crippen molar-refractivity contribution in [3.8, 4) is 0 Å². The van der Waals surface area contributed by atoms with Gasteiger partial charge in [0.15, 0.2) is 0 Å². The zero-order valence-electron chi connectivity index (χ0n) is 22.3. The summed E-state index contributed by atoms with van der Waals surface area (Å²) in [5, 5.41) is 23.7. The van der Waals surface area contributed by atoms with E-state index in [9.17, 15) is 50.1 Å². The highest BCUT2D eigenvalue weighted by molar-refractivity contribution is 5.89. The molecule has 0 unspecified atom stereocenters. The molecule has 1 aliphatic rings. The number of urea groups is 1. The van der Waals surface area contributed by atoms with Crippen molar-refractivity contribution in [3.63, 3.8) is 0 Å². The van der Waals surface area contributed by atoms with Gasteiger partial charge in [0, 0.05) is 24.7 Å². The number of likely N-dealkylation sites (tertiary alicyclic amines) is 1. The molecule has 0 spiro atoms. The Labute approximate surface area is 231 Å². The topological polar surface area (TPSA) is 84.8 Å². The smallest absolute Gasteiger partial charge is 0.389 e. The number of carbonyl (C=O) groups excluding carboxylic acids is 1. The number of hydrogen-bond acceptors (Lipinski definition) is 4. The van der Waals surface area contributed by atoms with Crippen molar-refractivity contribution in [1.29, 1.82) is 0 Å². The lowest BCUT2D eigenvalue weighted by Crippen LogP contribution is -2.53. The third kappa shape index (κ3) is 8.07. The van der Waals surface area contributed by atoms with Crippen LogP contribution in [0.4, 0.5) is 45.6 Å². The van der Waals surface area contributed by atoms with Crippen LogP contribution in [-0.4, -0.2) is 58.7 Å². The van der Waals surface area contributed by atoms with Crippen LogP contribution in [0.2, 0.25) is 0 Å². The largest absolute Gasteiger partial charge is 0.430 e. The average Bonchev–Trinajstić information content (AvgIpc) is 2.85. The molecule has 2 amide bonds. The lowest BCUT2D eigenvalue weighted by atomic mass is 9.89. The van der Waals surface area contributed by atoms with Gasteiger partial charge in [0.2, 0.25) is 0 Å². The van der Waals surface area contributed by atoms with Crippen LogP contribution in [0.1, 0.15) is 43.4 Å². The van der Waals surface area contributed by atoms with Gasteiger partial charge in [-0.3, -0.25) is 4.90 Å². The van der Waals surface area contributed by atoms with Gasteiger partial charge in [-0.05, 0) is 69.3 Å². The first kappa shape index (κ1) is 32.5. The molecular weight excluding hydrogens is 566 g/mol. The summed E-state index contributed by atoms with van der Waals surface area (Å²) >= 11 is 0. The lowest BCUT2D eigenvalue weighted by molar-refractivity contribution is -0.376. The van der Waals surface area contributed by atoms with Gasteiger partial charge in [0.1, 0.15) is 11.6 Å². The van der Waals surface area contributed by atoms with Crippen molar-refractivity contribution < 1.29 is 50.1 Å². The van der Waals surface area contributed by atoms with E-state index in [2.05, 4.69) is 10.6 Å². The Morgan fingerprint density at radius 1 is 0.927 bits per heavy atom. The molecule has 228 valence electrons. The molecule has 2 aromatic rings. The van der Waals surface area contributed by atoms with Gasteiger partial charge in [0.05, 0.1) is 11.3 Å². The molecule has 3 rings (SSSR count). The van der Waals surface area contributed by atoms with Crippen LogP contribution in [-0.2, 0) is 18.6 Å². The standard InChI is InChI=1S/C27H31F8N3O3/c1-24(2,40)15-36-23(39)37-22-13-20(28)18(12-21(22)29)11-16-7-9-38(10-8-16)14-17-3-5-19(6-4-17)25(41,26(30,31)32)27(33,34)35/h3-6,12-13,16,40-41H,7-11,14-15H2,1-2H3,(H2,36,37,39). The Morgan fingerprint density at radius 3 is 2.00 bits per heavy atom. The first-order valence-electron chi connectivity index (χ1n) is 12.7. The molecule has 2 aromatic carbocycles. The van der Waals surface area contributed by atoms with Crippen LogP contribution >= 0.6 is 0 Å². The van der Waals surface area contributed by atoms with E-state index in [-0.39, 0.29) is 36.7 Å². The van der Waals surface area contributed by atoms with E-state index in [1.807, 2.05) is 4.90 Å². The quantitative estimate of drug-likeness (QED) is 0.298. The van der Waals surface area contributed by atoms with E-state index in [0.29, 0.717) is 43.6 Å². The van der Waals surface area contributed by atoms with Gasteiger partial charge < -0.3 is 20.8 Å². The van der Waals surface area contributed by atoms with Crippen molar-refractivity contribution in [2.75, 3.05) is 25.0 Å². The number of alkyl halides is 6. The van der Waals surface area contributed by atoms with Crippen molar-refractivity contribution in [3.05, 3.63) is 64.7 Å². The predicted octanol–water partition coefficient (Wildman–Crippen LogP) is 5.62. The van der Waals surface area contributed by atoms with E-state index < -0.39 is 46.8 Å². The number of piperidine rings is 1. The van der Waals surface area contributed by atoms with Crippen molar-refractivity contribution in [2.45, 2.75) is 63.2 Å². The number of amides is 2. The highest BCUT2D eigenvalue weighted by Crippen LogP contribution is 2.50. The van der Waals surface area contributed by atoms with Crippen LogP contribution in [0.25, 0.3) is 0 Å². The summed E-state index contributed by atoms with van der Waals surface area (Å²) < 4.78 is 108. The summed E-state index contributed by atoms with van der Waals surface area (Å²) in [6, 6.07) is 4.50. The molecule has 0 atom stereocenters.